The van der Waals surface area contributed by atoms with Gasteiger partial charge in [0, 0.05) is 5.56 Å². The number of primary amides is 1. The highest BCUT2D eigenvalue weighted by molar-refractivity contribution is 6.13. The van der Waals surface area contributed by atoms with Crippen molar-refractivity contribution in [1.82, 2.24) is 0 Å². The number of carbonyl (C=O) groups excluding carboxylic acids is 1. The van der Waals surface area contributed by atoms with Crippen molar-refractivity contribution in [2.75, 3.05) is 0 Å². The lowest BCUT2D eigenvalue weighted by Crippen LogP contribution is -2.32. The van der Waals surface area contributed by atoms with Gasteiger partial charge in [-0.25, -0.2) is 0 Å². The molecular weight excluding hydrogens is 252 g/mol. The maximum absolute atomic E-state index is 11.8. The zero-order valence-electron chi connectivity index (χ0n) is 10.8. The number of amides is 1. The van der Waals surface area contributed by atoms with Crippen molar-refractivity contribution in [2.45, 2.75) is 6.10 Å². The highest BCUT2D eigenvalue weighted by Gasteiger charge is 2.40. The summed E-state index contributed by atoms with van der Waals surface area (Å²) >= 11 is 0. The van der Waals surface area contributed by atoms with Crippen molar-refractivity contribution in [1.29, 1.82) is 0 Å². The van der Waals surface area contributed by atoms with Gasteiger partial charge < -0.3 is 10.6 Å². The highest BCUT2D eigenvalue weighted by atomic mass is 16.6. The minimum atomic E-state index is -0.570. The Balaban J connectivity index is 1.97. The molecule has 0 aliphatic carbocycles. The minimum Gasteiger partial charge on any atom is -0.386 e. The van der Waals surface area contributed by atoms with Crippen LogP contribution in [0.4, 0.5) is 0 Å². The third-order valence-corrected chi connectivity index (χ3v) is 3.37. The molecule has 20 heavy (non-hydrogen) atoms. The summed E-state index contributed by atoms with van der Waals surface area (Å²) in [6, 6.07) is 19.0. The topological polar surface area (TPSA) is 64.7 Å². The third kappa shape index (κ3) is 2.16. The molecule has 0 spiro atoms. The molecule has 1 aliphatic rings. The summed E-state index contributed by atoms with van der Waals surface area (Å²) in [6.07, 6.45) is -0.455. The van der Waals surface area contributed by atoms with E-state index in [0.717, 1.165) is 11.1 Å². The molecule has 4 heteroatoms. The Morgan fingerprint density at radius 3 is 2.20 bits per heavy atom. The molecule has 4 nitrogen and oxygen atoms in total. The van der Waals surface area contributed by atoms with Gasteiger partial charge in [-0.05, 0) is 5.56 Å². The summed E-state index contributed by atoms with van der Waals surface area (Å²) in [5.41, 5.74) is 7.89. The second-order valence-corrected chi connectivity index (χ2v) is 4.66. The summed E-state index contributed by atoms with van der Waals surface area (Å²) in [5, 5.41) is 4.08. The molecule has 0 fully saturated rings. The molecule has 0 aromatic heterocycles. The van der Waals surface area contributed by atoms with E-state index >= 15 is 0 Å². The fraction of sp³-hybridized carbons (Fsp3) is 0.125. The zero-order chi connectivity index (χ0) is 13.9. The molecule has 2 aromatic rings. The Hall–Kier alpha value is -2.62. The monoisotopic (exact) mass is 266 g/mol. The zero-order valence-corrected chi connectivity index (χ0v) is 10.8. The Bertz CT molecular complexity index is 638. The molecule has 0 radical (unpaired) electrons. The maximum atomic E-state index is 11.8. The number of rotatable bonds is 3. The number of oxime groups is 1. The van der Waals surface area contributed by atoms with E-state index in [-0.39, 0.29) is 0 Å². The van der Waals surface area contributed by atoms with Crippen LogP contribution in [0.25, 0.3) is 0 Å². The van der Waals surface area contributed by atoms with E-state index in [9.17, 15) is 4.79 Å². The number of nitrogens with two attached hydrogens (primary N) is 1. The van der Waals surface area contributed by atoms with E-state index in [4.69, 9.17) is 10.6 Å². The second-order valence-electron chi connectivity index (χ2n) is 4.66. The quantitative estimate of drug-likeness (QED) is 0.926. The van der Waals surface area contributed by atoms with Crippen LogP contribution in [-0.4, -0.2) is 11.6 Å². The molecule has 0 saturated carbocycles. The molecule has 0 unspecified atom stereocenters. The van der Waals surface area contributed by atoms with Crippen molar-refractivity contribution in [3.63, 3.8) is 0 Å². The van der Waals surface area contributed by atoms with Gasteiger partial charge in [-0.15, -0.1) is 0 Å². The third-order valence-electron chi connectivity index (χ3n) is 3.37. The smallest absolute Gasteiger partial charge is 0.230 e. The first-order chi connectivity index (χ1) is 9.77. The van der Waals surface area contributed by atoms with E-state index in [0.29, 0.717) is 5.71 Å². The summed E-state index contributed by atoms with van der Waals surface area (Å²) in [5.74, 6) is -1.00. The highest BCUT2D eigenvalue weighted by Crippen LogP contribution is 2.34. The molecule has 1 aliphatic heterocycles. The van der Waals surface area contributed by atoms with Gasteiger partial charge in [0.05, 0.1) is 0 Å². The van der Waals surface area contributed by atoms with E-state index in [1.807, 2.05) is 60.7 Å². The fourth-order valence-corrected chi connectivity index (χ4v) is 2.40. The Kier molecular flexibility index (Phi) is 3.21. The first kappa shape index (κ1) is 12.4. The van der Waals surface area contributed by atoms with Gasteiger partial charge >= 0.3 is 0 Å². The van der Waals surface area contributed by atoms with Gasteiger partial charge in [0.2, 0.25) is 5.91 Å². The molecule has 1 heterocycles. The van der Waals surface area contributed by atoms with Gasteiger partial charge in [-0.3, -0.25) is 4.79 Å². The molecular formula is C16H14N2O2. The van der Waals surface area contributed by atoms with Crippen LogP contribution >= 0.6 is 0 Å². The van der Waals surface area contributed by atoms with E-state index in [1.165, 1.54) is 0 Å². The van der Waals surface area contributed by atoms with Gasteiger partial charge in [0.15, 0.2) is 6.10 Å². The molecule has 1 amide bonds. The molecule has 0 bridgehead atoms. The van der Waals surface area contributed by atoms with Crippen LogP contribution in [0, 0.1) is 5.92 Å². The van der Waals surface area contributed by atoms with Gasteiger partial charge in [-0.1, -0.05) is 65.8 Å². The molecule has 2 N–H and O–H groups in total. The first-order valence-corrected chi connectivity index (χ1v) is 6.41. The molecule has 3 rings (SSSR count). The van der Waals surface area contributed by atoms with E-state index in [2.05, 4.69) is 5.16 Å². The fourth-order valence-electron chi connectivity index (χ4n) is 2.40. The average molecular weight is 266 g/mol. The second kappa shape index (κ2) is 5.17. The lowest BCUT2D eigenvalue weighted by molar-refractivity contribution is -0.122. The lowest BCUT2D eigenvalue weighted by atomic mass is 9.88. The van der Waals surface area contributed by atoms with Crippen LogP contribution in [-0.2, 0) is 9.63 Å². The average Bonchev–Trinajstić information content (AvgIpc) is 2.94. The summed E-state index contributed by atoms with van der Waals surface area (Å²) in [4.78, 5) is 17.3. The molecule has 0 saturated heterocycles. The van der Waals surface area contributed by atoms with Crippen LogP contribution in [0.2, 0.25) is 0 Å². The number of benzene rings is 2. The van der Waals surface area contributed by atoms with Crippen LogP contribution in [0.3, 0.4) is 0 Å². The summed E-state index contributed by atoms with van der Waals surface area (Å²) < 4.78 is 0. The molecule has 2 atom stereocenters. The van der Waals surface area contributed by atoms with E-state index in [1.54, 1.807) is 0 Å². The molecule has 2 aromatic carbocycles. The number of hydrogen-bond donors (Lipinski definition) is 1. The summed E-state index contributed by atoms with van der Waals surface area (Å²) in [6.45, 7) is 0. The standard InChI is InChI=1S/C16H14N2O2/c17-16(19)13-14(11-7-3-1-4-8-11)18-20-15(13)12-9-5-2-6-10-12/h1-10,13,15H,(H2,17,19)/t13-,15+/m1/s1. The van der Waals surface area contributed by atoms with Crippen molar-refractivity contribution in [2.24, 2.45) is 16.8 Å². The van der Waals surface area contributed by atoms with Crippen molar-refractivity contribution < 1.29 is 9.63 Å². The number of carbonyl (C=O) groups is 1. The van der Waals surface area contributed by atoms with Crippen molar-refractivity contribution >= 4 is 11.6 Å². The van der Waals surface area contributed by atoms with Crippen molar-refractivity contribution in [3.05, 3.63) is 71.8 Å². The lowest BCUT2D eigenvalue weighted by Gasteiger charge is -2.16. The Morgan fingerprint density at radius 1 is 1.00 bits per heavy atom. The Labute approximate surface area is 116 Å². The maximum Gasteiger partial charge on any atom is 0.230 e. The summed E-state index contributed by atoms with van der Waals surface area (Å²) in [7, 11) is 0. The first-order valence-electron chi connectivity index (χ1n) is 6.41. The SMILES string of the molecule is NC(=O)[C@@H]1C(c2ccccc2)=NO[C@H]1c1ccccc1. The number of hydrogen-bond acceptors (Lipinski definition) is 3. The Morgan fingerprint density at radius 2 is 1.60 bits per heavy atom. The van der Waals surface area contributed by atoms with E-state index < -0.39 is 17.9 Å². The van der Waals surface area contributed by atoms with Crippen LogP contribution in [0.5, 0.6) is 0 Å². The predicted octanol–water partition coefficient (Wildman–Crippen LogP) is 2.26. The predicted molar refractivity (Wildman–Crippen MR) is 75.9 cm³/mol. The normalized spacial score (nSPS) is 21.1. The van der Waals surface area contributed by atoms with Crippen molar-refractivity contribution in [3.8, 4) is 0 Å². The molecule has 100 valence electrons. The largest absolute Gasteiger partial charge is 0.386 e. The van der Waals surface area contributed by atoms with Gasteiger partial charge in [0.1, 0.15) is 11.6 Å². The van der Waals surface area contributed by atoms with Crippen LogP contribution in [0.15, 0.2) is 65.8 Å². The van der Waals surface area contributed by atoms with Crippen LogP contribution < -0.4 is 5.73 Å². The van der Waals surface area contributed by atoms with Gasteiger partial charge in [0.25, 0.3) is 0 Å². The van der Waals surface area contributed by atoms with Crippen LogP contribution in [0.1, 0.15) is 17.2 Å². The van der Waals surface area contributed by atoms with Gasteiger partial charge in [-0.2, -0.15) is 0 Å². The minimum absolute atomic E-state index is 0.432. The number of nitrogens with zero attached hydrogens (tertiary/aromatic N) is 1.